The minimum atomic E-state index is -1.02. The van der Waals surface area contributed by atoms with E-state index in [1.807, 2.05) is 49.5 Å². The summed E-state index contributed by atoms with van der Waals surface area (Å²) in [6, 6.07) is 8.12. The van der Waals surface area contributed by atoms with Crippen LogP contribution in [0.2, 0.25) is 0 Å². The van der Waals surface area contributed by atoms with Crippen LogP contribution in [-0.2, 0) is 23.0 Å². The third-order valence-electron chi connectivity index (χ3n) is 6.29. The fourth-order valence-electron chi connectivity index (χ4n) is 4.38. The van der Waals surface area contributed by atoms with Crippen LogP contribution in [0.4, 0.5) is 0 Å². The average Bonchev–Trinajstić information content (AvgIpc) is 3.20. The number of nitrogens with two attached hydrogens (primary N) is 1. The number of hydrogen-bond donors (Lipinski definition) is 1. The van der Waals surface area contributed by atoms with E-state index in [1.54, 1.807) is 13.8 Å². The number of para-hydroxylation sites is 1. The Morgan fingerprint density at radius 3 is 2.67 bits per heavy atom. The van der Waals surface area contributed by atoms with Crippen molar-refractivity contribution in [1.82, 2.24) is 14.4 Å². The predicted molar refractivity (Wildman–Crippen MR) is 115 cm³/mol. The molecule has 0 fully saturated rings. The Kier molecular flexibility index (Phi) is 5.10. The maximum Gasteiger partial charge on any atom is 0.327 e. The van der Waals surface area contributed by atoms with Crippen molar-refractivity contribution in [1.29, 1.82) is 0 Å². The second-order valence-electron chi connectivity index (χ2n) is 8.92. The number of aromatic nitrogens is 1. The summed E-state index contributed by atoms with van der Waals surface area (Å²) in [6.45, 7) is 6.08. The largest absolute Gasteiger partial charge is 0.443 e. The third-order valence-corrected chi connectivity index (χ3v) is 6.29. The summed E-state index contributed by atoms with van der Waals surface area (Å²) < 4.78 is 7.49. The molecule has 0 saturated carbocycles. The Hall–Kier alpha value is -2.80. The first-order chi connectivity index (χ1) is 14.2. The number of rotatable bonds is 5. The number of ether oxygens (including phenoxy) is 1. The molecule has 7 nitrogen and oxygen atoms in total. The van der Waals surface area contributed by atoms with Crippen molar-refractivity contribution in [2.24, 2.45) is 18.7 Å². The molecule has 1 aliphatic carbocycles. The van der Waals surface area contributed by atoms with Crippen LogP contribution in [0.1, 0.15) is 43.2 Å². The highest BCUT2D eigenvalue weighted by Crippen LogP contribution is 2.34. The van der Waals surface area contributed by atoms with Crippen LogP contribution in [0.3, 0.4) is 0 Å². The monoisotopic (exact) mass is 410 g/mol. The number of carbonyl (C=O) groups excluding carboxylic acids is 2. The van der Waals surface area contributed by atoms with Crippen LogP contribution in [0, 0.1) is 5.92 Å². The van der Waals surface area contributed by atoms with Gasteiger partial charge >= 0.3 is 5.97 Å². The van der Waals surface area contributed by atoms with Gasteiger partial charge in [0.1, 0.15) is 11.7 Å². The topological polar surface area (TPSA) is 80.8 Å². The summed E-state index contributed by atoms with van der Waals surface area (Å²) in [4.78, 5) is 29.4. The number of benzene rings is 1. The number of esters is 1. The third kappa shape index (κ3) is 3.47. The number of ketones is 1. The smallest absolute Gasteiger partial charge is 0.327 e. The van der Waals surface area contributed by atoms with Gasteiger partial charge in [-0.3, -0.25) is 9.59 Å². The standard InChI is InChI=1S/C23H30N4O3/c1-15-26(11-12-27(15)14-30-22(29)23(2,3)24)13-16-9-10-19-20(21(16)28)17-7-5-6-8-18(17)25(19)4/h5-8,11-12,15-16H,9-10,13-14,24H2,1-4H3. The molecule has 7 heteroatoms. The minimum absolute atomic E-state index is 0.000371. The normalized spacial score (nSPS) is 21.4. The maximum absolute atomic E-state index is 13.4. The van der Waals surface area contributed by atoms with Crippen molar-refractivity contribution in [2.75, 3.05) is 13.3 Å². The van der Waals surface area contributed by atoms with Gasteiger partial charge in [-0.25, -0.2) is 0 Å². The van der Waals surface area contributed by atoms with E-state index < -0.39 is 11.5 Å². The number of carbonyl (C=O) groups is 2. The molecule has 2 aromatic rings. The Morgan fingerprint density at radius 2 is 1.93 bits per heavy atom. The molecule has 2 unspecified atom stereocenters. The number of aryl methyl sites for hydroxylation is 1. The number of nitrogens with zero attached hydrogens (tertiary/aromatic N) is 3. The van der Waals surface area contributed by atoms with E-state index in [1.165, 1.54) is 0 Å². The lowest BCUT2D eigenvalue weighted by molar-refractivity contribution is -0.153. The molecule has 0 bridgehead atoms. The van der Waals surface area contributed by atoms with E-state index in [4.69, 9.17) is 10.5 Å². The molecule has 160 valence electrons. The molecule has 2 N–H and O–H groups in total. The molecule has 1 aromatic heterocycles. The van der Waals surface area contributed by atoms with Crippen LogP contribution in [0.25, 0.3) is 10.9 Å². The lowest BCUT2D eigenvalue weighted by Gasteiger charge is -2.33. The van der Waals surface area contributed by atoms with Crippen LogP contribution in [0.15, 0.2) is 36.7 Å². The van der Waals surface area contributed by atoms with Gasteiger partial charge in [-0.15, -0.1) is 0 Å². The van der Waals surface area contributed by atoms with E-state index in [-0.39, 0.29) is 24.6 Å². The van der Waals surface area contributed by atoms with Gasteiger partial charge in [0.15, 0.2) is 12.5 Å². The van der Waals surface area contributed by atoms with Crippen molar-refractivity contribution in [3.8, 4) is 0 Å². The molecule has 2 heterocycles. The quantitative estimate of drug-likeness (QED) is 0.763. The first kappa shape index (κ1) is 20.5. The van der Waals surface area contributed by atoms with Crippen molar-refractivity contribution in [3.05, 3.63) is 47.9 Å². The molecule has 0 saturated heterocycles. The fraction of sp³-hybridized carbons (Fsp3) is 0.478. The summed E-state index contributed by atoms with van der Waals surface area (Å²) in [5.74, 6) is -0.267. The van der Waals surface area contributed by atoms with E-state index in [0.29, 0.717) is 6.54 Å². The van der Waals surface area contributed by atoms with E-state index in [9.17, 15) is 9.59 Å². The lowest BCUT2D eigenvalue weighted by Crippen LogP contribution is -2.46. The van der Waals surface area contributed by atoms with Crippen LogP contribution >= 0.6 is 0 Å². The van der Waals surface area contributed by atoms with Gasteiger partial charge in [0.25, 0.3) is 0 Å². The molecular weight excluding hydrogens is 380 g/mol. The van der Waals surface area contributed by atoms with Crippen molar-refractivity contribution >= 4 is 22.7 Å². The molecule has 2 atom stereocenters. The van der Waals surface area contributed by atoms with Crippen molar-refractivity contribution in [2.45, 2.75) is 45.3 Å². The van der Waals surface area contributed by atoms with Gasteiger partial charge in [-0.1, -0.05) is 18.2 Å². The maximum atomic E-state index is 13.4. The first-order valence-corrected chi connectivity index (χ1v) is 10.4. The molecule has 0 spiro atoms. The zero-order valence-electron chi connectivity index (χ0n) is 18.1. The number of Topliss-reactive ketones (excluding diaryl/α,β-unsaturated/α-hetero) is 1. The fourth-order valence-corrected chi connectivity index (χ4v) is 4.38. The Morgan fingerprint density at radius 1 is 1.23 bits per heavy atom. The summed E-state index contributed by atoms with van der Waals surface area (Å²) >= 11 is 0. The highest BCUT2D eigenvalue weighted by atomic mass is 16.5. The van der Waals surface area contributed by atoms with Gasteiger partial charge in [0.05, 0.1) is 0 Å². The second-order valence-corrected chi connectivity index (χ2v) is 8.92. The van der Waals surface area contributed by atoms with Crippen LogP contribution in [0.5, 0.6) is 0 Å². The zero-order chi connectivity index (χ0) is 21.6. The lowest BCUT2D eigenvalue weighted by atomic mass is 9.84. The van der Waals surface area contributed by atoms with Crippen molar-refractivity contribution < 1.29 is 14.3 Å². The molecule has 0 amide bonds. The molecule has 30 heavy (non-hydrogen) atoms. The highest BCUT2D eigenvalue weighted by Gasteiger charge is 2.35. The first-order valence-electron chi connectivity index (χ1n) is 10.4. The summed E-state index contributed by atoms with van der Waals surface area (Å²) in [5.41, 5.74) is 7.90. The molecule has 2 aliphatic rings. The number of fused-ring (bicyclic) bond motifs is 3. The highest BCUT2D eigenvalue weighted by molar-refractivity contribution is 6.11. The molecule has 0 radical (unpaired) electrons. The second kappa shape index (κ2) is 7.47. The zero-order valence-corrected chi connectivity index (χ0v) is 18.1. The number of hydrogen-bond acceptors (Lipinski definition) is 6. The Labute approximate surface area is 177 Å². The summed E-state index contributed by atoms with van der Waals surface area (Å²) in [6.07, 6.45) is 5.61. The minimum Gasteiger partial charge on any atom is -0.443 e. The van der Waals surface area contributed by atoms with E-state index in [0.717, 1.165) is 35.0 Å². The molecule has 1 aliphatic heterocycles. The Bertz CT molecular complexity index is 1020. The summed E-state index contributed by atoms with van der Waals surface area (Å²) in [7, 11) is 2.04. The molecule has 4 rings (SSSR count). The van der Waals surface area contributed by atoms with Gasteiger partial charge in [0.2, 0.25) is 0 Å². The van der Waals surface area contributed by atoms with Gasteiger partial charge in [-0.05, 0) is 39.7 Å². The van der Waals surface area contributed by atoms with Crippen molar-refractivity contribution in [3.63, 3.8) is 0 Å². The van der Waals surface area contributed by atoms with E-state index in [2.05, 4.69) is 15.5 Å². The van der Waals surface area contributed by atoms with E-state index >= 15 is 0 Å². The molecular formula is C23H30N4O3. The Balaban J connectivity index is 1.44. The van der Waals surface area contributed by atoms with Gasteiger partial charge in [-0.2, -0.15) is 0 Å². The van der Waals surface area contributed by atoms with Gasteiger partial charge in [0, 0.05) is 54.1 Å². The SMILES string of the molecule is CC1N(COC(=O)C(C)(C)N)C=CN1CC1CCc2c(c3ccccc3n2C)C1=O. The van der Waals surface area contributed by atoms with Crippen LogP contribution < -0.4 is 5.73 Å². The van der Waals surface area contributed by atoms with Gasteiger partial charge < -0.3 is 24.8 Å². The molecule has 1 aromatic carbocycles. The van der Waals surface area contributed by atoms with Crippen LogP contribution in [-0.4, -0.2) is 51.1 Å². The predicted octanol–water partition coefficient (Wildman–Crippen LogP) is 2.60. The summed E-state index contributed by atoms with van der Waals surface area (Å²) in [5, 5.41) is 1.05. The average molecular weight is 411 g/mol.